The number of hydrogen-bond donors (Lipinski definition) is 1. The van der Waals surface area contributed by atoms with Crippen LogP contribution in [-0.2, 0) is 5.41 Å². The largest absolute Gasteiger partial charge is 0.343 e. The van der Waals surface area contributed by atoms with E-state index in [2.05, 4.69) is 16.9 Å². The first-order valence-electron chi connectivity index (χ1n) is 5.40. The van der Waals surface area contributed by atoms with Gasteiger partial charge in [0.25, 0.3) is 0 Å². The molecule has 15 heavy (non-hydrogen) atoms. The van der Waals surface area contributed by atoms with Gasteiger partial charge in [0.2, 0.25) is 5.95 Å². The zero-order valence-corrected chi connectivity index (χ0v) is 9.40. The van der Waals surface area contributed by atoms with Crippen LogP contribution >= 0.6 is 0 Å². The normalized spacial score (nSPS) is 17.5. The molecule has 1 heterocycles. The van der Waals surface area contributed by atoms with Crippen LogP contribution in [0.5, 0.6) is 0 Å². The number of hydrogen-bond acceptors (Lipinski definition) is 4. The predicted molar refractivity (Wildman–Crippen MR) is 60.9 cm³/mol. The van der Waals surface area contributed by atoms with Crippen LogP contribution in [0.2, 0.25) is 0 Å². The van der Waals surface area contributed by atoms with Gasteiger partial charge in [0.1, 0.15) is 0 Å². The molecule has 0 amide bonds. The van der Waals surface area contributed by atoms with Gasteiger partial charge in [0.05, 0.1) is 5.69 Å². The van der Waals surface area contributed by atoms with Crippen molar-refractivity contribution in [2.45, 2.75) is 25.2 Å². The van der Waals surface area contributed by atoms with Crippen LogP contribution in [0.3, 0.4) is 0 Å². The highest BCUT2D eigenvalue weighted by Crippen LogP contribution is 2.46. The SMILES string of the molecule is CN(CCN)c1nccc(C2(C)CC2)n1. The van der Waals surface area contributed by atoms with E-state index in [-0.39, 0.29) is 0 Å². The highest BCUT2D eigenvalue weighted by atomic mass is 15.2. The van der Waals surface area contributed by atoms with Crippen molar-refractivity contribution in [3.05, 3.63) is 18.0 Å². The average Bonchev–Trinajstić information content (AvgIpc) is 2.99. The van der Waals surface area contributed by atoms with E-state index in [4.69, 9.17) is 5.73 Å². The zero-order valence-electron chi connectivity index (χ0n) is 9.40. The minimum Gasteiger partial charge on any atom is -0.343 e. The molecule has 1 aliphatic rings. The fourth-order valence-corrected chi connectivity index (χ4v) is 1.61. The third kappa shape index (κ3) is 2.09. The lowest BCUT2D eigenvalue weighted by molar-refractivity contribution is 0.733. The van der Waals surface area contributed by atoms with Crippen LogP contribution in [0.4, 0.5) is 5.95 Å². The van der Waals surface area contributed by atoms with E-state index in [1.165, 1.54) is 12.8 Å². The quantitative estimate of drug-likeness (QED) is 0.796. The van der Waals surface area contributed by atoms with E-state index in [1.807, 2.05) is 24.2 Å². The summed E-state index contributed by atoms with van der Waals surface area (Å²) in [6.45, 7) is 3.67. The second-order valence-electron chi connectivity index (χ2n) is 4.51. The molecule has 82 valence electrons. The highest BCUT2D eigenvalue weighted by molar-refractivity contribution is 5.32. The Hall–Kier alpha value is -1.16. The number of rotatable bonds is 4. The highest BCUT2D eigenvalue weighted by Gasteiger charge is 2.40. The summed E-state index contributed by atoms with van der Waals surface area (Å²) in [5, 5.41) is 0. The number of nitrogens with zero attached hydrogens (tertiary/aromatic N) is 3. The Kier molecular flexibility index (Phi) is 2.61. The van der Waals surface area contributed by atoms with Gasteiger partial charge in [-0.25, -0.2) is 9.97 Å². The summed E-state index contributed by atoms with van der Waals surface area (Å²) in [6, 6.07) is 2.02. The Morgan fingerprint density at radius 1 is 1.53 bits per heavy atom. The molecule has 0 aliphatic heterocycles. The molecular weight excluding hydrogens is 188 g/mol. The zero-order chi connectivity index (χ0) is 10.9. The molecule has 4 nitrogen and oxygen atoms in total. The van der Waals surface area contributed by atoms with Gasteiger partial charge in [-0.3, -0.25) is 0 Å². The summed E-state index contributed by atoms with van der Waals surface area (Å²) in [6.07, 6.45) is 4.32. The van der Waals surface area contributed by atoms with Crippen LogP contribution in [0.15, 0.2) is 12.3 Å². The third-order valence-corrected chi connectivity index (χ3v) is 3.07. The minimum atomic E-state index is 0.307. The standard InChI is InChI=1S/C11H18N4/c1-11(4-5-11)9-3-7-13-10(14-9)15(2)8-6-12/h3,7H,4-6,8,12H2,1-2H3. The topological polar surface area (TPSA) is 55.0 Å². The van der Waals surface area contributed by atoms with Gasteiger partial charge >= 0.3 is 0 Å². The lowest BCUT2D eigenvalue weighted by Gasteiger charge is -2.17. The lowest BCUT2D eigenvalue weighted by atomic mass is 10.1. The van der Waals surface area contributed by atoms with Crippen molar-refractivity contribution >= 4 is 5.95 Å². The first-order chi connectivity index (χ1) is 7.15. The molecule has 0 unspecified atom stereocenters. The van der Waals surface area contributed by atoms with Crippen molar-refractivity contribution < 1.29 is 0 Å². The predicted octanol–water partition coefficient (Wildman–Crippen LogP) is 0.923. The molecule has 0 atom stereocenters. The van der Waals surface area contributed by atoms with E-state index in [0.717, 1.165) is 18.2 Å². The first-order valence-corrected chi connectivity index (χ1v) is 5.40. The van der Waals surface area contributed by atoms with Crippen LogP contribution < -0.4 is 10.6 Å². The number of nitrogens with two attached hydrogens (primary N) is 1. The van der Waals surface area contributed by atoms with Crippen molar-refractivity contribution in [1.82, 2.24) is 9.97 Å². The lowest BCUT2D eigenvalue weighted by Crippen LogP contribution is -2.27. The second-order valence-corrected chi connectivity index (χ2v) is 4.51. The van der Waals surface area contributed by atoms with Crippen LogP contribution in [0.1, 0.15) is 25.5 Å². The summed E-state index contributed by atoms with van der Waals surface area (Å²) >= 11 is 0. The maximum absolute atomic E-state index is 5.51. The van der Waals surface area contributed by atoms with Gasteiger partial charge in [0, 0.05) is 31.7 Å². The molecule has 1 fully saturated rings. The fraction of sp³-hybridized carbons (Fsp3) is 0.636. The second kappa shape index (κ2) is 3.77. The molecule has 0 radical (unpaired) electrons. The van der Waals surface area contributed by atoms with E-state index >= 15 is 0 Å². The molecule has 2 rings (SSSR count). The Balaban J connectivity index is 2.19. The van der Waals surface area contributed by atoms with Gasteiger partial charge in [-0.1, -0.05) is 6.92 Å². The molecule has 0 saturated heterocycles. The summed E-state index contributed by atoms with van der Waals surface area (Å²) in [5.41, 5.74) is 6.98. The summed E-state index contributed by atoms with van der Waals surface area (Å²) in [7, 11) is 1.97. The molecule has 1 aromatic rings. The smallest absolute Gasteiger partial charge is 0.225 e. The molecule has 1 saturated carbocycles. The third-order valence-electron chi connectivity index (χ3n) is 3.07. The van der Waals surface area contributed by atoms with Crippen LogP contribution in [0, 0.1) is 0 Å². The van der Waals surface area contributed by atoms with Gasteiger partial charge in [0.15, 0.2) is 0 Å². The minimum absolute atomic E-state index is 0.307. The van der Waals surface area contributed by atoms with Crippen molar-refractivity contribution in [3.63, 3.8) is 0 Å². The molecule has 0 aromatic carbocycles. The van der Waals surface area contributed by atoms with Crippen LogP contribution in [-0.4, -0.2) is 30.1 Å². The van der Waals surface area contributed by atoms with Crippen molar-refractivity contribution in [1.29, 1.82) is 0 Å². The molecule has 1 aromatic heterocycles. The maximum atomic E-state index is 5.51. The number of likely N-dealkylation sites (N-methyl/N-ethyl adjacent to an activating group) is 1. The van der Waals surface area contributed by atoms with Crippen LogP contribution in [0.25, 0.3) is 0 Å². The summed E-state index contributed by atoms with van der Waals surface area (Å²) in [5.74, 6) is 0.783. The van der Waals surface area contributed by atoms with Gasteiger partial charge in [-0.05, 0) is 18.9 Å². The van der Waals surface area contributed by atoms with E-state index in [9.17, 15) is 0 Å². The monoisotopic (exact) mass is 206 g/mol. The van der Waals surface area contributed by atoms with Gasteiger partial charge in [-0.15, -0.1) is 0 Å². The number of aromatic nitrogens is 2. The Morgan fingerprint density at radius 3 is 2.87 bits per heavy atom. The Morgan fingerprint density at radius 2 is 2.27 bits per heavy atom. The van der Waals surface area contributed by atoms with E-state index in [0.29, 0.717) is 12.0 Å². The van der Waals surface area contributed by atoms with Gasteiger partial charge < -0.3 is 10.6 Å². The molecule has 4 heteroatoms. The van der Waals surface area contributed by atoms with Crippen molar-refractivity contribution in [3.8, 4) is 0 Å². The van der Waals surface area contributed by atoms with Gasteiger partial charge in [-0.2, -0.15) is 0 Å². The Labute approximate surface area is 90.5 Å². The fourth-order valence-electron chi connectivity index (χ4n) is 1.61. The summed E-state index contributed by atoms with van der Waals surface area (Å²) in [4.78, 5) is 10.8. The number of anilines is 1. The van der Waals surface area contributed by atoms with E-state index in [1.54, 1.807) is 0 Å². The molecule has 2 N–H and O–H groups in total. The summed E-state index contributed by atoms with van der Waals surface area (Å²) < 4.78 is 0. The maximum Gasteiger partial charge on any atom is 0.225 e. The Bertz CT molecular complexity index is 346. The van der Waals surface area contributed by atoms with E-state index < -0.39 is 0 Å². The molecule has 1 aliphatic carbocycles. The average molecular weight is 206 g/mol. The van der Waals surface area contributed by atoms with Crippen molar-refractivity contribution in [2.24, 2.45) is 5.73 Å². The van der Waals surface area contributed by atoms with Crippen molar-refractivity contribution in [2.75, 3.05) is 25.0 Å². The first kappa shape index (κ1) is 10.4. The molecular formula is C11H18N4. The molecule has 0 spiro atoms. The molecule has 0 bridgehead atoms.